The Bertz CT molecular complexity index is 2840. The molecule has 3 aromatic heterocycles. The normalized spacial score (nSPS) is 12.7. The molecule has 0 aliphatic carbocycles. The van der Waals surface area contributed by atoms with Crippen molar-refractivity contribution < 1.29 is 5.48 Å². The Morgan fingerprint density at radius 3 is 1.94 bits per heavy atom. The summed E-state index contributed by atoms with van der Waals surface area (Å²) in [5.41, 5.74) is -2.79. The molecule has 0 fully saturated rings. The van der Waals surface area contributed by atoms with E-state index in [2.05, 4.69) is 14.5 Å². The van der Waals surface area contributed by atoms with Gasteiger partial charge in [0.15, 0.2) is 11.4 Å². The summed E-state index contributed by atoms with van der Waals surface area (Å²) in [6.07, 6.45) is 0. The smallest absolute Gasteiger partial charge is 0.210 e. The van der Waals surface area contributed by atoms with Crippen LogP contribution in [0.3, 0.4) is 0 Å². The predicted molar refractivity (Wildman–Crippen MR) is 173 cm³/mol. The maximum absolute atomic E-state index is 10.3. The van der Waals surface area contributed by atoms with Gasteiger partial charge in [-0.15, -0.1) is 11.3 Å². The minimum Gasteiger partial charge on any atom is -0.259 e. The molecule has 0 bridgehead atoms. The average Bonchev–Trinajstić information content (AvgIpc) is 3.64. The lowest BCUT2D eigenvalue weighted by Crippen LogP contribution is -2.14. The van der Waals surface area contributed by atoms with Crippen LogP contribution in [0.5, 0.6) is 0 Å². The highest BCUT2D eigenvalue weighted by molar-refractivity contribution is 7.18. The third-order valence-corrected chi connectivity index (χ3v) is 7.98. The number of pyridine rings is 2. The minimum absolute atomic E-state index is 0.0429. The van der Waals surface area contributed by atoms with Crippen molar-refractivity contribution in [2.45, 2.75) is 0 Å². The molecule has 47 heavy (non-hydrogen) atoms. The predicted octanol–water partition coefficient (Wildman–Crippen LogP) is 6.38. The molecule has 0 unspecified atom stereocenters. The molecule has 0 aliphatic rings. The second kappa shape index (κ2) is 11.6. The second-order valence-corrected chi connectivity index (χ2v) is 10.3. The Morgan fingerprint density at radius 2 is 1.34 bits per heavy atom. The second-order valence-electron chi connectivity index (χ2n) is 9.41. The minimum atomic E-state index is -0.576. The van der Waals surface area contributed by atoms with E-state index in [4.69, 9.17) is 35.2 Å². The van der Waals surface area contributed by atoms with Crippen LogP contribution in [0.2, 0.25) is 0 Å². The van der Waals surface area contributed by atoms with Crippen molar-refractivity contribution in [1.29, 1.82) is 26.3 Å². The van der Waals surface area contributed by atoms with Gasteiger partial charge in [-0.2, -0.15) is 26.3 Å². The van der Waals surface area contributed by atoms with E-state index in [0.717, 1.165) is 0 Å². The molecule has 3 aromatic carbocycles. The van der Waals surface area contributed by atoms with Crippen LogP contribution in [0, 0.1) is 76.4 Å². The summed E-state index contributed by atoms with van der Waals surface area (Å²) in [5, 5.41) is 53.1. The number of hydrogen-bond donors (Lipinski definition) is 0. The van der Waals surface area contributed by atoms with Crippen molar-refractivity contribution in [2.24, 2.45) is 0 Å². The molecular formula is C36H10N10S. The molecular weight excluding hydrogens is 605 g/mol. The Balaban J connectivity index is 1.74. The summed E-state index contributed by atoms with van der Waals surface area (Å²) in [7, 11) is 0. The van der Waals surface area contributed by atoms with E-state index in [1.54, 1.807) is 41.8 Å². The van der Waals surface area contributed by atoms with Gasteiger partial charge in [-0.25, -0.2) is 19.5 Å². The van der Waals surface area contributed by atoms with E-state index in [-0.39, 0.29) is 33.1 Å². The van der Waals surface area contributed by atoms with Crippen LogP contribution in [0.15, 0.2) is 59.9 Å². The number of nitriles is 5. The summed E-state index contributed by atoms with van der Waals surface area (Å²) in [6.45, 7) is 23.0. The van der Waals surface area contributed by atoms with E-state index in [1.165, 1.54) is 23.5 Å². The van der Waals surface area contributed by atoms with Crippen LogP contribution in [0.1, 0.15) is 38.9 Å². The van der Waals surface area contributed by atoms with Crippen molar-refractivity contribution in [1.82, 2.24) is 9.97 Å². The molecule has 10 nitrogen and oxygen atoms in total. The van der Waals surface area contributed by atoms with Crippen LogP contribution < -0.4 is 10.7 Å². The Hall–Kier alpha value is -7.90. The standard InChI is InChI=1S/C36H10N10S/c1-42-23-12-21(16-39)31(22(13-23)17-40)27(18-41)28-6-4-24-25-5-7-29(46-34(25)36-26(8-9-47-36)33(24)45-28)35(44-3)32-20(15-38)10-19(14-37)11-30(32)43-2/h4-13H/b28-27-,35-29-/i10D,11D,12D,13D. The average molecular weight is 619 g/mol. The third kappa shape index (κ3) is 4.58. The maximum atomic E-state index is 10.3. The van der Waals surface area contributed by atoms with Crippen molar-refractivity contribution in [3.63, 3.8) is 0 Å². The molecule has 0 spiro atoms. The monoisotopic (exact) mass is 618 g/mol. The number of hydrogen-bond acceptors (Lipinski definition) is 8. The number of nitrogens with zero attached hydrogens (tertiary/aromatic N) is 10. The molecule has 6 rings (SSSR count). The number of aromatic nitrogens is 2. The largest absolute Gasteiger partial charge is 0.259 e. The molecule has 0 radical (unpaired) electrons. The van der Waals surface area contributed by atoms with Gasteiger partial charge < -0.3 is 0 Å². The Labute approximate surface area is 275 Å². The zero-order valence-corrected chi connectivity index (χ0v) is 24.2. The first-order valence-corrected chi connectivity index (χ1v) is 13.9. The first-order chi connectivity index (χ1) is 24.6. The van der Waals surface area contributed by atoms with E-state index >= 15 is 0 Å². The highest BCUT2D eigenvalue weighted by Crippen LogP contribution is 2.36. The molecule has 0 amide bonds. The van der Waals surface area contributed by atoms with Crippen LogP contribution in [-0.2, 0) is 0 Å². The van der Waals surface area contributed by atoms with E-state index in [1.807, 2.05) is 12.1 Å². The summed E-state index contributed by atoms with van der Waals surface area (Å²) >= 11 is 1.30. The summed E-state index contributed by atoms with van der Waals surface area (Å²) in [5.74, 6) is 0. The van der Waals surface area contributed by atoms with Gasteiger partial charge in [0.25, 0.3) is 0 Å². The topological polar surface area (TPSA) is 158 Å². The van der Waals surface area contributed by atoms with Gasteiger partial charge in [-0.05, 0) is 53.8 Å². The number of thiophene rings is 1. The van der Waals surface area contributed by atoms with Crippen molar-refractivity contribution >= 4 is 65.9 Å². The summed E-state index contributed by atoms with van der Waals surface area (Å²) < 4.78 is 34.0. The molecule has 0 saturated carbocycles. The summed E-state index contributed by atoms with van der Waals surface area (Å²) in [4.78, 5) is 19.6. The lowest BCUT2D eigenvalue weighted by atomic mass is 9.94. The number of rotatable bonds is 2. The molecule has 0 aliphatic heterocycles. The lowest BCUT2D eigenvalue weighted by Gasteiger charge is -2.10. The third-order valence-electron chi connectivity index (χ3n) is 7.06. The van der Waals surface area contributed by atoms with Crippen molar-refractivity contribution in [3.8, 4) is 30.3 Å². The van der Waals surface area contributed by atoms with Crippen LogP contribution in [0.25, 0.3) is 57.7 Å². The molecule has 3 heterocycles. The van der Waals surface area contributed by atoms with Gasteiger partial charge in [-0.3, -0.25) is 4.98 Å². The molecule has 210 valence electrons. The zero-order valence-electron chi connectivity index (χ0n) is 27.3. The Kier molecular flexibility index (Phi) is 6.08. The quantitative estimate of drug-likeness (QED) is 0.161. The van der Waals surface area contributed by atoms with E-state index in [9.17, 15) is 26.3 Å². The van der Waals surface area contributed by atoms with Gasteiger partial charge >= 0.3 is 0 Å². The van der Waals surface area contributed by atoms with Crippen molar-refractivity contribution in [2.75, 3.05) is 0 Å². The lowest BCUT2D eigenvalue weighted by molar-refractivity contribution is 1.30. The fraction of sp³-hybridized carbons (Fsp3) is 0. The van der Waals surface area contributed by atoms with Crippen LogP contribution >= 0.6 is 11.3 Å². The number of benzene rings is 3. The first-order valence-electron chi connectivity index (χ1n) is 15.0. The zero-order chi connectivity index (χ0) is 36.7. The van der Waals surface area contributed by atoms with Gasteiger partial charge in [-0.1, -0.05) is 6.07 Å². The highest BCUT2D eigenvalue weighted by Gasteiger charge is 2.20. The molecule has 11 heteroatoms. The van der Waals surface area contributed by atoms with Crippen LogP contribution in [-0.4, -0.2) is 9.97 Å². The van der Waals surface area contributed by atoms with E-state index < -0.39 is 57.8 Å². The van der Waals surface area contributed by atoms with Crippen molar-refractivity contribution in [3.05, 3.63) is 138 Å². The summed E-state index contributed by atoms with van der Waals surface area (Å²) in [6, 6.07) is 14.8. The number of fused-ring (bicyclic) bond motifs is 6. The molecule has 0 N–H and O–H groups in total. The van der Waals surface area contributed by atoms with E-state index in [0.29, 0.717) is 31.9 Å². The van der Waals surface area contributed by atoms with Gasteiger partial charge in [0.2, 0.25) is 5.70 Å². The van der Waals surface area contributed by atoms with Gasteiger partial charge in [0, 0.05) is 38.4 Å². The SMILES string of the molecule is [2H]c1c(C#N)c([2H])c([N+]#[C-])c(/C([N+]#[C-])=c2\ccc3c4cc/c(=C(\C#N)c5c(C#N)c([2H])c([N+]#[C-])c([2H])c5C#N)nc4c4ccsc4c3n2)c1C#N. The molecule has 0 atom stereocenters. The maximum Gasteiger partial charge on any atom is 0.210 e. The fourth-order valence-corrected chi connectivity index (χ4v) is 6.03. The van der Waals surface area contributed by atoms with Gasteiger partial charge in [0.1, 0.15) is 6.07 Å². The van der Waals surface area contributed by atoms with Gasteiger partial charge in [0.05, 0.1) is 92.6 Å². The fourth-order valence-electron chi connectivity index (χ4n) is 5.13. The first kappa shape index (κ1) is 24.5. The highest BCUT2D eigenvalue weighted by atomic mass is 32.1. The van der Waals surface area contributed by atoms with Crippen LogP contribution in [0.4, 0.5) is 11.4 Å². The Morgan fingerprint density at radius 1 is 0.702 bits per heavy atom. The molecule has 6 aromatic rings. The molecule has 0 saturated heterocycles.